The summed E-state index contributed by atoms with van der Waals surface area (Å²) >= 11 is 0. The van der Waals surface area contributed by atoms with E-state index in [1.807, 2.05) is 0 Å². The Kier molecular flexibility index (Phi) is 16.1. The van der Waals surface area contributed by atoms with Crippen LogP contribution in [0, 0.1) is 0 Å². The Morgan fingerprint density at radius 2 is 1.05 bits per heavy atom. The highest BCUT2D eigenvalue weighted by atomic mass is 14.9. The van der Waals surface area contributed by atoms with Crippen molar-refractivity contribution < 1.29 is 0 Å². The van der Waals surface area contributed by atoms with Crippen molar-refractivity contribution >= 4 is 0 Å². The zero-order chi connectivity index (χ0) is 15.8. The van der Waals surface area contributed by atoms with Crippen LogP contribution in [-0.2, 0) is 0 Å². The van der Waals surface area contributed by atoms with Crippen LogP contribution >= 0.6 is 0 Å². The number of hydrogen-bond acceptors (Lipinski definition) is 4. The Morgan fingerprint density at radius 1 is 0.619 bits per heavy atom. The van der Waals surface area contributed by atoms with Crippen molar-refractivity contribution in [2.75, 3.05) is 39.3 Å². The van der Waals surface area contributed by atoms with Crippen LogP contribution in [0.5, 0.6) is 0 Å². The van der Waals surface area contributed by atoms with Crippen molar-refractivity contribution in [2.45, 2.75) is 71.9 Å². The molecule has 2 atom stereocenters. The molecule has 2 unspecified atom stereocenters. The smallest absolute Gasteiger partial charge is 0.00506 e. The van der Waals surface area contributed by atoms with E-state index >= 15 is 0 Å². The van der Waals surface area contributed by atoms with E-state index in [1.54, 1.807) is 0 Å². The molecule has 0 aliphatic carbocycles. The second-order valence-electron chi connectivity index (χ2n) is 6.06. The van der Waals surface area contributed by atoms with E-state index in [9.17, 15) is 0 Å². The zero-order valence-corrected chi connectivity index (χ0v) is 14.9. The Hall–Kier alpha value is -0.160. The lowest BCUT2D eigenvalue weighted by molar-refractivity contribution is 0.487. The molecular formula is C17H40N4. The molecule has 0 aromatic heterocycles. The van der Waals surface area contributed by atoms with Gasteiger partial charge in [-0.2, -0.15) is 0 Å². The Balaban J connectivity index is 3.09. The van der Waals surface area contributed by atoms with Crippen LogP contribution in [0.1, 0.15) is 59.8 Å². The van der Waals surface area contributed by atoms with E-state index in [-0.39, 0.29) is 0 Å². The maximum Gasteiger partial charge on any atom is 0.00506 e. The summed E-state index contributed by atoms with van der Waals surface area (Å²) < 4.78 is 0. The second kappa shape index (κ2) is 16.2. The molecule has 0 fully saturated rings. The van der Waals surface area contributed by atoms with Gasteiger partial charge in [-0.25, -0.2) is 0 Å². The zero-order valence-electron chi connectivity index (χ0n) is 14.9. The van der Waals surface area contributed by atoms with E-state index in [0.717, 1.165) is 39.3 Å². The van der Waals surface area contributed by atoms with E-state index in [1.165, 1.54) is 32.1 Å². The molecule has 0 aromatic rings. The van der Waals surface area contributed by atoms with Crippen LogP contribution in [0.25, 0.3) is 0 Å². The lowest BCUT2D eigenvalue weighted by atomic mass is 10.2. The van der Waals surface area contributed by atoms with Crippen molar-refractivity contribution in [2.24, 2.45) is 0 Å². The van der Waals surface area contributed by atoms with E-state index in [2.05, 4.69) is 49.0 Å². The van der Waals surface area contributed by atoms with Gasteiger partial charge in [-0.05, 0) is 78.8 Å². The Bertz CT molecular complexity index is 179. The van der Waals surface area contributed by atoms with Gasteiger partial charge < -0.3 is 21.3 Å². The van der Waals surface area contributed by atoms with E-state index < -0.39 is 0 Å². The van der Waals surface area contributed by atoms with Crippen LogP contribution in [-0.4, -0.2) is 51.4 Å². The van der Waals surface area contributed by atoms with Crippen LogP contribution in [0.4, 0.5) is 0 Å². The molecule has 0 amide bonds. The summed E-state index contributed by atoms with van der Waals surface area (Å²) in [5.74, 6) is 0. The SMILES string of the molecule is CCNC(C)CCNCCCCCNCCC(C)NCC. The molecule has 0 saturated heterocycles. The van der Waals surface area contributed by atoms with Gasteiger partial charge in [0.25, 0.3) is 0 Å². The molecule has 128 valence electrons. The molecule has 0 saturated carbocycles. The van der Waals surface area contributed by atoms with Crippen molar-refractivity contribution in [3.63, 3.8) is 0 Å². The maximum atomic E-state index is 3.54. The monoisotopic (exact) mass is 300 g/mol. The van der Waals surface area contributed by atoms with Gasteiger partial charge >= 0.3 is 0 Å². The number of unbranched alkanes of at least 4 members (excludes halogenated alkanes) is 2. The first-order valence-corrected chi connectivity index (χ1v) is 9.08. The molecule has 4 heteroatoms. The summed E-state index contributed by atoms with van der Waals surface area (Å²) in [6.45, 7) is 15.6. The van der Waals surface area contributed by atoms with Gasteiger partial charge in [0.2, 0.25) is 0 Å². The largest absolute Gasteiger partial charge is 0.317 e. The van der Waals surface area contributed by atoms with Gasteiger partial charge in [-0.15, -0.1) is 0 Å². The quantitative estimate of drug-likeness (QED) is 0.330. The third kappa shape index (κ3) is 16.0. The van der Waals surface area contributed by atoms with Gasteiger partial charge in [-0.1, -0.05) is 20.3 Å². The van der Waals surface area contributed by atoms with Crippen LogP contribution in [0.3, 0.4) is 0 Å². The first-order chi connectivity index (χ1) is 10.2. The highest BCUT2D eigenvalue weighted by Gasteiger charge is 1.99. The summed E-state index contributed by atoms with van der Waals surface area (Å²) in [5, 5.41) is 14.0. The van der Waals surface area contributed by atoms with Crippen molar-refractivity contribution in [1.82, 2.24) is 21.3 Å². The first-order valence-electron chi connectivity index (χ1n) is 9.08. The van der Waals surface area contributed by atoms with Crippen molar-refractivity contribution in [3.8, 4) is 0 Å². The summed E-state index contributed by atoms with van der Waals surface area (Å²) in [6.07, 6.45) is 6.36. The van der Waals surface area contributed by atoms with Gasteiger partial charge in [0.05, 0.1) is 0 Å². The molecule has 4 nitrogen and oxygen atoms in total. The topological polar surface area (TPSA) is 48.1 Å². The van der Waals surface area contributed by atoms with Crippen LogP contribution < -0.4 is 21.3 Å². The predicted octanol–water partition coefficient (Wildman–Crippen LogP) is 2.11. The van der Waals surface area contributed by atoms with E-state index in [4.69, 9.17) is 0 Å². The molecule has 0 bridgehead atoms. The third-order valence-corrected chi connectivity index (χ3v) is 3.82. The minimum absolute atomic E-state index is 0.635. The molecule has 21 heavy (non-hydrogen) atoms. The standard InChI is InChI=1S/C17H40N4/c1-5-20-16(3)10-14-18-12-8-7-9-13-19-15-11-17(4)21-6-2/h16-21H,5-15H2,1-4H3. The van der Waals surface area contributed by atoms with Gasteiger partial charge in [0, 0.05) is 12.1 Å². The van der Waals surface area contributed by atoms with Gasteiger partial charge in [0.15, 0.2) is 0 Å². The highest BCUT2D eigenvalue weighted by molar-refractivity contribution is 4.62. The average molecular weight is 301 g/mol. The van der Waals surface area contributed by atoms with Crippen molar-refractivity contribution in [1.29, 1.82) is 0 Å². The number of nitrogens with one attached hydrogen (secondary N) is 4. The minimum atomic E-state index is 0.635. The van der Waals surface area contributed by atoms with Gasteiger partial charge in [-0.3, -0.25) is 0 Å². The molecular weight excluding hydrogens is 260 g/mol. The number of rotatable bonds is 16. The molecule has 4 N–H and O–H groups in total. The normalized spacial score (nSPS) is 14.3. The molecule has 0 aliphatic heterocycles. The van der Waals surface area contributed by atoms with E-state index in [0.29, 0.717) is 12.1 Å². The summed E-state index contributed by atoms with van der Waals surface area (Å²) in [7, 11) is 0. The molecule has 0 rings (SSSR count). The van der Waals surface area contributed by atoms with Crippen LogP contribution in [0.15, 0.2) is 0 Å². The maximum absolute atomic E-state index is 3.54. The van der Waals surface area contributed by atoms with Gasteiger partial charge in [0.1, 0.15) is 0 Å². The minimum Gasteiger partial charge on any atom is -0.317 e. The lowest BCUT2D eigenvalue weighted by Crippen LogP contribution is -2.30. The van der Waals surface area contributed by atoms with Crippen LogP contribution in [0.2, 0.25) is 0 Å². The second-order valence-corrected chi connectivity index (χ2v) is 6.06. The highest BCUT2D eigenvalue weighted by Crippen LogP contribution is 1.94. The fourth-order valence-corrected chi connectivity index (χ4v) is 2.46. The molecule has 0 heterocycles. The summed E-state index contributed by atoms with van der Waals surface area (Å²) in [4.78, 5) is 0. The average Bonchev–Trinajstić information content (AvgIpc) is 2.45. The Labute approximate surface area is 133 Å². The number of hydrogen-bond donors (Lipinski definition) is 4. The summed E-state index contributed by atoms with van der Waals surface area (Å²) in [5.41, 5.74) is 0. The lowest BCUT2D eigenvalue weighted by Gasteiger charge is -2.13. The fraction of sp³-hybridized carbons (Fsp3) is 1.00. The third-order valence-electron chi connectivity index (χ3n) is 3.82. The molecule has 0 aromatic carbocycles. The Morgan fingerprint density at radius 3 is 1.43 bits per heavy atom. The molecule has 0 radical (unpaired) electrons. The first kappa shape index (κ1) is 20.8. The molecule has 0 spiro atoms. The van der Waals surface area contributed by atoms with Crippen molar-refractivity contribution in [3.05, 3.63) is 0 Å². The fourth-order valence-electron chi connectivity index (χ4n) is 2.46. The summed E-state index contributed by atoms with van der Waals surface area (Å²) in [6, 6.07) is 1.27. The predicted molar refractivity (Wildman–Crippen MR) is 95.1 cm³/mol. The molecule has 0 aliphatic rings.